The number of rotatable bonds is 8. The van der Waals surface area contributed by atoms with Crippen LogP contribution in [0.15, 0.2) is 51.0 Å². The van der Waals surface area contributed by atoms with Crippen LogP contribution in [0.25, 0.3) is 0 Å². The molecule has 1 aliphatic carbocycles. The number of allylic oxidation sites excluding steroid dienone is 2. The normalized spacial score (nSPS) is 21.9. The van der Waals surface area contributed by atoms with Gasteiger partial charge in [0.15, 0.2) is 17.3 Å². The van der Waals surface area contributed by atoms with Crippen LogP contribution in [-0.4, -0.2) is 38.3 Å². The maximum Gasteiger partial charge on any atom is 0.315 e. The molecule has 0 saturated carbocycles. The number of aryl methyl sites for hydroxylation is 1. The van der Waals surface area contributed by atoms with E-state index in [1.54, 1.807) is 14.2 Å². The van der Waals surface area contributed by atoms with Crippen molar-refractivity contribution in [1.29, 1.82) is 0 Å². The van der Waals surface area contributed by atoms with Gasteiger partial charge in [-0.2, -0.15) is 0 Å². The van der Waals surface area contributed by atoms with Gasteiger partial charge in [0.25, 0.3) is 0 Å². The summed E-state index contributed by atoms with van der Waals surface area (Å²) >= 11 is 0. The number of Topliss-reactive ketones (excluding diaryl/α,β-unsaturated/α-hetero) is 1. The summed E-state index contributed by atoms with van der Waals surface area (Å²) in [5.41, 5.74) is 2.92. The number of benzene rings is 1. The summed E-state index contributed by atoms with van der Waals surface area (Å²) < 4.78 is 22.4. The molecule has 1 aromatic carbocycles. The van der Waals surface area contributed by atoms with Crippen LogP contribution >= 0.6 is 0 Å². The van der Waals surface area contributed by atoms with Gasteiger partial charge < -0.3 is 18.6 Å². The van der Waals surface area contributed by atoms with E-state index in [0.717, 1.165) is 29.9 Å². The van der Waals surface area contributed by atoms with Crippen LogP contribution in [0.2, 0.25) is 0 Å². The van der Waals surface area contributed by atoms with Crippen LogP contribution in [0.5, 0.6) is 11.5 Å². The fourth-order valence-electron chi connectivity index (χ4n) is 5.04. The number of ketones is 1. The lowest BCUT2D eigenvalue weighted by Crippen LogP contribution is -2.38. The number of ether oxygens (including phenoxy) is 3. The highest BCUT2D eigenvalue weighted by Gasteiger charge is 2.46. The maximum absolute atomic E-state index is 13.6. The lowest BCUT2D eigenvalue weighted by Gasteiger charge is -2.35. The van der Waals surface area contributed by atoms with E-state index in [0.29, 0.717) is 48.0 Å². The summed E-state index contributed by atoms with van der Waals surface area (Å²) in [4.78, 5) is 31.6. The molecule has 2 aliphatic rings. The van der Waals surface area contributed by atoms with E-state index in [9.17, 15) is 9.59 Å². The molecular weight excluding hydrogens is 446 g/mol. The zero-order valence-corrected chi connectivity index (χ0v) is 21.1. The van der Waals surface area contributed by atoms with Gasteiger partial charge >= 0.3 is 5.97 Å². The number of hydrogen-bond acceptors (Lipinski definition) is 7. The van der Waals surface area contributed by atoms with Gasteiger partial charge in [-0.05, 0) is 62.4 Å². The molecule has 2 aromatic rings. The summed E-state index contributed by atoms with van der Waals surface area (Å²) in [6, 6.07) is 9.45. The molecule has 35 heavy (non-hydrogen) atoms. The molecule has 186 valence electrons. The third-order valence-electron chi connectivity index (χ3n) is 6.83. The first-order chi connectivity index (χ1) is 16.9. The van der Waals surface area contributed by atoms with E-state index >= 15 is 0 Å². The minimum Gasteiger partial charge on any atom is -0.493 e. The molecule has 4 rings (SSSR count). The van der Waals surface area contributed by atoms with Gasteiger partial charge in [-0.15, -0.1) is 0 Å². The van der Waals surface area contributed by atoms with Gasteiger partial charge in [0.05, 0.1) is 26.7 Å². The zero-order valence-electron chi connectivity index (χ0n) is 21.1. The first-order valence-electron chi connectivity index (χ1n) is 12.1. The summed E-state index contributed by atoms with van der Waals surface area (Å²) in [6.07, 6.45) is 2.62. The van der Waals surface area contributed by atoms with Crippen molar-refractivity contribution in [3.63, 3.8) is 0 Å². The Bertz CT molecular complexity index is 1170. The van der Waals surface area contributed by atoms with Crippen molar-refractivity contribution < 1.29 is 28.2 Å². The largest absolute Gasteiger partial charge is 0.493 e. The fourth-order valence-corrected chi connectivity index (χ4v) is 5.04. The molecule has 2 heterocycles. The molecule has 0 spiro atoms. The molecule has 7 heteroatoms. The molecule has 0 fully saturated rings. The summed E-state index contributed by atoms with van der Waals surface area (Å²) in [7, 11) is 3.19. The monoisotopic (exact) mass is 479 g/mol. The number of carbonyl (C=O) groups excluding carboxylic acids is 2. The topological polar surface area (TPSA) is 87.3 Å². The Morgan fingerprint density at radius 1 is 1.09 bits per heavy atom. The third kappa shape index (κ3) is 4.90. The van der Waals surface area contributed by atoms with Crippen LogP contribution in [0.3, 0.4) is 0 Å². The van der Waals surface area contributed by atoms with Crippen LogP contribution in [-0.2, 0) is 14.3 Å². The van der Waals surface area contributed by atoms with E-state index in [1.165, 1.54) is 0 Å². The summed E-state index contributed by atoms with van der Waals surface area (Å²) in [5, 5.41) is 0. The van der Waals surface area contributed by atoms with E-state index in [1.807, 2.05) is 51.1 Å². The number of methoxy groups -OCH3 is 2. The van der Waals surface area contributed by atoms with Crippen molar-refractivity contribution >= 4 is 17.5 Å². The predicted octanol–water partition coefficient (Wildman–Crippen LogP) is 5.52. The van der Waals surface area contributed by atoms with Crippen LogP contribution in [0, 0.1) is 12.8 Å². The Balaban J connectivity index is 1.71. The number of esters is 1. The van der Waals surface area contributed by atoms with Crippen molar-refractivity contribution in [2.75, 3.05) is 20.8 Å². The summed E-state index contributed by atoms with van der Waals surface area (Å²) in [5.74, 6) is 0.938. The fraction of sp³-hybridized carbons (Fsp3) is 0.464. The lowest BCUT2D eigenvalue weighted by atomic mass is 9.70. The van der Waals surface area contributed by atoms with E-state index in [-0.39, 0.29) is 17.7 Å². The minimum atomic E-state index is -0.683. The first-order valence-corrected chi connectivity index (χ1v) is 12.1. The van der Waals surface area contributed by atoms with Crippen molar-refractivity contribution in [3.8, 4) is 11.5 Å². The Labute approximate surface area is 206 Å². The number of aliphatic imine (C=N–C) groups is 1. The Kier molecular flexibility index (Phi) is 7.43. The third-order valence-corrected chi connectivity index (χ3v) is 6.83. The van der Waals surface area contributed by atoms with Gasteiger partial charge in [0.1, 0.15) is 17.4 Å². The molecule has 1 aromatic heterocycles. The van der Waals surface area contributed by atoms with Crippen molar-refractivity contribution in [2.45, 2.75) is 58.3 Å². The number of furan rings is 1. The molecule has 0 radical (unpaired) electrons. The lowest BCUT2D eigenvalue weighted by molar-refractivity contribution is -0.146. The minimum absolute atomic E-state index is 0.0207. The van der Waals surface area contributed by atoms with Gasteiger partial charge in [-0.3, -0.25) is 14.6 Å². The van der Waals surface area contributed by atoms with Crippen LogP contribution < -0.4 is 9.47 Å². The molecule has 7 nitrogen and oxygen atoms in total. The molecule has 0 amide bonds. The first kappa shape index (κ1) is 24.8. The highest BCUT2D eigenvalue weighted by molar-refractivity contribution is 6.09. The number of nitrogens with zero attached hydrogens (tertiary/aromatic N) is 1. The van der Waals surface area contributed by atoms with Gasteiger partial charge in [0, 0.05) is 23.4 Å². The van der Waals surface area contributed by atoms with Crippen molar-refractivity contribution in [1.82, 2.24) is 0 Å². The smallest absolute Gasteiger partial charge is 0.315 e. The highest BCUT2D eigenvalue weighted by Crippen LogP contribution is 2.47. The Morgan fingerprint density at radius 3 is 2.51 bits per heavy atom. The Morgan fingerprint density at radius 2 is 1.86 bits per heavy atom. The number of carbonyl (C=O) groups is 2. The van der Waals surface area contributed by atoms with E-state index < -0.39 is 11.8 Å². The van der Waals surface area contributed by atoms with Crippen LogP contribution in [0.4, 0.5) is 0 Å². The second-order valence-corrected chi connectivity index (χ2v) is 9.18. The molecule has 3 atom stereocenters. The van der Waals surface area contributed by atoms with E-state index in [2.05, 4.69) is 0 Å². The Hall–Kier alpha value is -3.35. The predicted molar refractivity (Wildman–Crippen MR) is 132 cm³/mol. The second kappa shape index (κ2) is 10.5. The number of hydrogen-bond donors (Lipinski definition) is 0. The maximum atomic E-state index is 13.6. The average Bonchev–Trinajstić information content (AvgIpc) is 3.28. The summed E-state index contributed by atoms with van der Waals surface area (Å²) in [6.45, 7) is 6.09. The average molecular weight is 480 g/mol. The van der Waals surface area contributed by atoms with Gasteiger partial charge in [-0.1, -0.05) is 19.4 Å². The van der Waals surface area contributed by atoms with Gasteiger partial charge in [-0.25, -0.2) is 0 Å². The quantitative estimate of drug-likeness (QED) is 0.366. The zero-order chi connectivity index (χ0) is 25.1. The standard InChI is InChI=1S/C28H33NO6/c1-6-7-12-34-28(31)25-17(3)29-20-13-19(18-9-11-22(32-4)24(15-18)33-5)14-21(30)26(20)27(25)23-10-8-16(2)35-23/h8-11,15,19,25,27H,6-7,12-14H2,1-5H3/t19-,25?,27+/m1/s1. The molecule has 1 aliphatic heterocycles. The van der Waals surface area contributed by atoms with Crippen molar-refractivity contribution in [2.24, 2.45) is 10.9 Å². The highest BCUT2D eigenvalue weighted by atomic mass is 16.5. The molecular formula is C28H33NO6. The van der Waals surface area contributed by atoms with Gasteiger partial charge in [0.2, 0.25) is 0 Å². The molecule has 0 N–H and O–H groups in total. The van der Waals surface area contributed by atoms with E-state index in [4.69, 9.17) is 23.6 Å². The number of unbranched alkanes of at least 4 members (excludes halogenated alkanes) is 1. The van der Waals surface area contributed by atoms with Crippen molar-refractivity contribution in [3.05, 3.63) is 58.7 Å². The second-order valence-electron chi connectivity index (χ2n) is 9.18. The molecule has 0 bridgehead atoms. The SMILES string of the molecule is CCCCOC(=O)C1C(C)=NC2=C(C(=O)C[C@H](c3ccc(OC)c(OC)c3)C2)[C@H]1c1ccc(C)o1. The molecule has 1 unspecified atom stereocenters. The molecule has 0 saturated heterocycles. The van der Waals surface area contributed by atoms with Crippen LogP contribution in [0.1, 0.15) is 68.5 Å².